The Morgan fingerprint density at radius 1 is 1.22 bits per heavy atom. The van der Waals surface area contributed by atoms with E-state index in [-0.39, 0.29) is 12.5 Å². The number of hydrogen-bond acceptors (Lipinski definition) is 5. The van der Waals surface area contributed by atoms with Gasteiger partial charge in [-0.05, 0) is 6.42 Å². The predicted molar refractivity (Wildman–Crippen MR) is 83.6 cm³/mol. The van der Waals surface area contributed by atoms with Gasteiger partial charge in [0.05, 0.1) is 18.4 Å². The van der Waals surface area contributed by atoms with E-state index in [1.807, 2.05) is 36.4 Å². The lowest BCUT2D eigenvalue weighted by Gasteiger charge is -2.02. The van der Waals surface area contributed by atoms with Gasteiger partial charge in [0, 0.05) is 11.6 Å². The van der Waals surface area contributed by atoms with Crippen molar-refractivity contribution in [2.45, 2.75) is 26.3 Å². The zero-order valence-corrected chi connectivity index (χ0v) is 12.8. The number of aromatic nitrogens is 2. The molecule has 0 saturated heterocycles. The minimum Gasteiger partial charge on any atom is -0.359 e. The molecule has 0 fully saturated rings. The van der Waals surface area contributed by atoms with Crippen LogP contribution in [-0.2, 0) is 13.0 Å². The molecule has 6 nitrogen and oxygen atoms in total. The second-order valence-corrected chi connectivity index (χ2v) is 5.15. The Kier molecular flexibility index (Phi) is 4.52. The summed E-state index contributed by atoms with van der Waals surface area (Å²) in [5.41, 5.74) is 2.09. The van der Waals surface area contributed by atoms with Crippen LogP contribution in [0.2, 0.25) is 0 Å². The molecule has 0 unspecified atom stereocenters. The van der Waals surface area contributed by atoms with Gasteiger partial charge < -0.3 is 14.4 Å². The second-order valence-electron chi connectivity index (χ2n) is 5.15. The summed E-state index contributed by atoms with van der Waals surface area (Å²) >= 11 is 0. The largest absolute Gasteiger partial charge is 0.359 e. The van der Waals surface area contributed by atoms with Gasteiger partial charge in [-0.2, -0.15) is 0 Å². The molecule has 6 heteroatoms. The van der Waals surface area contributed by atoms with Crippen molar-refractivity contribution < 1.29 is 13.8 Å². The summed E-state index contributed by atoms with van der Waals surface area (Å²) in [6.45, 7) is 2.35. The van der Waals surface area contributed by atoms with Crippen LogP contribution in [0.3, 0.4) is 0 Å². The third-order valence-corrected chi connectivity index (χ3v) is 3.39. The number of nitrogens with one attached hydrogen (secondary N) is 1. The van der Waals surface area contributed by atoms with Gasteiger partial charge >= 0.3 is 0 Å². The van der Waals surface area contributed by atoms with Crippen LogP contribution in [-0.4, -0.2) is 16.2 Å². The highest BCUT2D eigenvalue weighted by Gasteiger charge is 2.18. The molecule has 2 aromatic heterocycles. The topological polar surface area (TPSA) is 81.2 Å². The molecule has 0 radical (unpaired) electrons. The van der Waals surface area contributed by atoms with Crippen molar-refractivity contribution in [3.05, 3.63) is 59.6 Å². The van der Waals surface area contributed by atoms with Gasteiger partial charge in [-0.15, -0.1) is 0 Å². The summed E-state index contributed by atoms with van der Waals surface area (Å²) in [7, 11) is 0. The van der Waals surface area contributed by atoms with Gasteiger partial charge in [-0.3, -0.25) is 4.79 Å². The van der Waals surface area contributed by atoms with Gasteiger partial charge in [0.15, 0.2) is 11.5 Å². The Morgan fingerprint density at radius 2 is 2.04 bits per heavy atom. The van der Waals surface area contributed by atoms with E-state index in [1.165, 1.54) is 6.20 Å². The van der Waals surface area contributed by atoms with E-state index in [0.717, 1.165) is 24.1 Å². The lowest BCUT2D eigenvalue weighted by molar-refractivity contribution is 0.0947. The SMILES string of the molecule is CCCc1cc(CNC(=O)c2cnoc2-c2ccccc2)on1. The fourth-order valence-corrected chi connectivity index (χ4v) is 2.27. The van der Waals surface area contributed by atoms with Crippen LogP contribution in [0.15, 0.2) is 51.6 Å². The minimum atomic E-state index is -0.265. The maximum absolute atomic E-state index is 12.3. The van der Waals surface area contributed by atoms with Crippen LogP contribution >= 0.6 is 0 Å². The van der Waals surface area contributed by atoms with Crippen LogP contribution in [0.1, 0.15) is 35.2 Å². The molecule has 3 aromatic rings. The maximum Gasteiger partial charge on any atom is 0.257 e. The first kappa shape index (κ1) is 15.0. The average Bonchev–Trinajstić information content (AvgIpc) is 3.23. The molecule has 0 saturated carbocycles. The number of nitrogens with zero attached hydrogens (tertiary/aromatic N) is 2. The normalized spacial score (nSPS) is 10.7. The molecule has 2 heterocycles. The van der Waals surface area contributed by atoms with Gasteiger partial charge in [-0.1, -0.05) is 54.0 Å². The van der Waals surface area contributed by atoms with Gasteiger partial charge in [0.1, 0.15) is 5.56 Å². The molecule has 1 N–H and O–H groups in total. The monoisotopic (exact) mass is 311 g/mol. The van der Waals surface area contributed by atoms with Crippen LogP contribution in [0.25, 0.3) is 11.3 Å². The molecular weight excluding hydrogens is 294 g/mol. The highest BCUT2D eigenvalue weighted by molar-refractivity contribution is 5.99. The molecular formula is C17H17N3O3. The lowest BCUT2D eigenvalue weighted by Crippen LogP contribution is -2.22. The Morgan fingerprint density at radius 3 is 2.83 bits per heavy atom. The van der Waals surface area contributed by atoms with Crippen molar-refractivity contribution in [3.8, 4) is 11.3 Å². The molecule has 1 amide bonds. The average molecular weight is 311 g/mol. The Bertz CT molecular complexity index is 777. The lowest BCUT2D eigenvalue weighted by atomic mass is 10.1. The van der Waals surface area contributed by atoms with Gasteiger partial charge in [-0.25, -0.2) is 0 Å². The second kappa shape index (κ2) is 6.91. The third-order valence-electron chi connectivity index (χ3n) is 3.39. The smallest absolute Gasteiger partial charge is 0.257 e. The molecule has 23 heavy (non-hydrogen) atoms. The Labute approximate surface area is 133 Å². The summed E-state index contributed by atoms with van der Waals surface area (Å²) in [4.78, 5) is 12.3. The van der Waals surface area contributed by atoms with Crippen LogP contribution in [0.5, 0.6) is 0 Å². The highest BCUT2D eigenvalue weighted by atomic mass is 16.5. The highest BCUT2D eigenvalue weighted by Crippen LogP contribution is 2.23. The summed E-state index contributed by atoms with van der Waals surface area (Å²) in [6.07, 6.45) is 3.28. The zero-order chi connectivity index (χ0) is 16.1. The van der Waals surface area contributed by atoms with Gasteiger partial charge in [0.2, 0.25) is 0 Å². The fourth-order valence-electron chi connectivity index (χ4n) is 2.27. The van der Waals surface area contributed by atoms with Crippen molar-refractivity contribution in [2.24, 2.45) is 0 Å². The molecule has 0 spiro atoms. The predicted octanol–water partition coefficient (Wildman–Crippen LogP) is 3.21. The summed E-state index contributed by atoms with van der Waals surface area (Å²) < 4.78 is 10.4. The quantitative estimate of drug-likeness (QED) is 0.756. The van der Waals surface area contributed by atoms with E-state index in [1.54, 1.807) is 0 Å². The molecule has 0 bridgehead atoms. The van der Waals surface area contributed by atoms with E-state index in [0.29, 0.717) is 17.1 Å². The number of carbonyl (C=O) groups excluding carboxylic acids is 1. The van der Waals surface area contributed by atoms with Gasteiger partial charge in [0.25, 0.3) is 5.91 Å². The van der Waals surface area contributed by atoms with E-state index in [9.17, 15) is 4.79 Å². The van der Waals surface area contributed by atoms with Crippen LogP contribution in [0, 0.1) is 0 Å². The minimum absolute atomic E-state index is 0.265. The van der Waals surface area contributed by atoms with Crippen molar-refractivity contribution in [3.63, 3.8) is 0 Å². The van der Waals surface area contributed by atoms with Crippen molar-refractivity contribution in [1.29, 1.82) is 0 Å². The van der Waals surface area contributed by atoms with Crippen LogP contribution in [0.4, 0.5) is 0 Å². The first-order valence-corrected chi connectivity index (χ1v) is 7.50. The molecule has 0 aliphatic carbocycles. The molecule has 0 aliphatic rings. The third kappa shape index (κ3) is 3.48. The molecule has 3 rings (SSSR count). The zero-order valence-electron chi connectivity index (χ0n) is 12.8. The fraction of sp³-hybridized carbons (Fsp3) is 0.235. The summed E-state index contributed by atoms with van der Waals surface area (Å²) in [5.74, 6) is 0.811. The van der Waals surface area contributed by atoms with Crippen molar-refractivity contribution in [1.82, 2.24) is 15.6 Å². The first-order chi connectivity index (χ1) is 11.3. The molecule has 0 atom stereocenters. The van der Waals surface area contributed by atoms with E-state index >= 15 is 0 Å². The standard InChI is InChI=1S/C17H17N3O3/c1-2-6-13-9-14(22-20-13)10-18-17(21)15-11-19-23-16(15)12-7-4-3-5-8-12/h3-5,7-9,11H,2,6,10H2,1H3,(H,18,21). The molecule has 0 aliphatic heterocycles. The van der Waals surface area contributed by atoms with E-state index in [2.05, 4.69) is 22.6 Å². The molecule has 118 valence electrons. The Balaban J connectivity index is 1.68. The van der Waals surface area contributed by atoms with Crippen molar-refractivity contribution in [2.75, 3.05) is 0 Å². The number of rotatable bonds is 6. The maximum atomic E-state index is 12.3. The number of benzene rings is 1. The van der Waals surface area contributed by atoms with E-state index < -0.39 is 0 Å². The van der Waals surface area contributed by atoms with Crippen molar-refractivity contribution >= 4 is 5.91 Å². The summed E-state index contributed by atoms with van der Waals surface area (Å²) in [6, 6.07) is 11.2. The number of amides is 1. The Hall–Kier alpha value is -2.89. The van der Waals surface area contributed by atoms with E-state index in [4.69, 9.17) is 9.05 Å². The number of carbonyl (C=O) groups is 1. The number of hydrogen-bond donors (Lipinski definition) is 1. The number of aryl methyl sites for hydroxylation is 1. The van der Waals surface area contributed by atoms with Crippen LogP contribution < -0.4 is 5.32 Å². The molecule has 1 aromatic carbocycles. The summed E-state index contributed by atoms with van der Waals surface area (Å²) in [5, 5.41) is 10.5. The first-order valence-electron chi connectivity index (χ1n) is 7.50.